The Bertz CT molecular complexity index is 524. The number of hydrogen-bond donors (Lipinski definition) is 0. The minimum Gasteiger partial charge on any atom is -0.462 e. The zero-order valence-corrected chi connectivity index (χ0v) is 11.7. The third kappa shape index (κ3) is 1.76. The van der Waals surface area contributed by atoms with Gasteiger partial charge in [0.1, 0.15) is 5.56 Å². The Morgan fingerprint density at radius 3 is 2.78 bits per heavy atom. The molecule has 2 rings (SSSR count). The molecule has 1 aromatic rings. The fourth-order valence-corrected chi connectivity index (χ4v) is 2.72. The number of esters is 1. The molecule has 0 amide bonds. The summed E-state index contributed by atoms with van der Waals surface area (Å²) < 4.78 is 7.06. The van der Waals surface area contributed by atoms with E-state index < -0.39 is 0 Å². The molecule has 2 heterocycles. The first-order valence-corrected chi connectivity index (χ1v) is 6.34. The van der Waals surface area contributed by atoms with Gasteiger partial charge in [0, 0.05) is 5.41 Å². The van der Waals surface area contributed by atoms with E-state index in [1.54, 1.807) is 0 Å². The van der Waals surface area contributed by atoms with Crippen LogP contribution < -0.4 is 0 Å². The zero-order valence-electron chi connectivity index (χ0n) is 11.7. The topological polar surface area (TPSA) is 44.1 Å². The maximum atomic E-state index is 12.1. The summed E-state index contributed by atoms with van der Waals surface area (Å²) in [6.45, 7) is 11.2. The van der Waals surface area contributed by atoms with Gasteiger partial charge in [0.15, 0.2) is 0 Å². The number of ether oxygens (including phenoxy) is 1. The van der Waals surface area contributed by atoms with E-state index in [0.717, 1.165) is 17.9 Å². The van der Waals surface area contributed by atoms with Crippen LogP contribution in [0.15, 0.2) is 6.08 Å². The fraction of sp³-hybridized carbons (Fsp3) is 0.571. The summed E-state index contributed by atoms with van der Waals surface area (Å²) in [6, 6.07) is 0. The van der Waals surface area contributed by atoms with Crippen molar-refractivity contribution in [1.82, 2.24) is 9.78 Å². The van der Waals surface area contributed by atoms with Crippen LogP contribution in [0.25, 0.3) is 5.57 Å². The highest BCUT2D eigenvalue weighted by Gasteiger charge is 2.39. The summed E-state index contributed by atoms with van der Waals surface area (Å²) in [6.07, 6.45) is 2.07. The van der Waals surface area contributed by atoms with Crippen LogP contribution in [0.4, 0.5) is 0 Å². The molecule has 98 valence electrons. The molecule has 0 radical (unpaired) electrons. The number of aromatic nitrogens is 2. The molecule has 0 spiro atoms. The minimum absolute atomic E-state index is 0.0199. The van der Waals surface area contributed by atoms with E-state index in [1.807, 2.05) is 25.5 Å². The number of fused-ring (bicyclic) bond motifs is 1. The SMILES string of the molecule is C/C=C1/c2c(C(=O)OCC)c(C)nn2CC1(C)C. The standard InChI is InChI=1S/C14H20N2O2/c1-6-10-12-11(13(17)18-7-2)9(3)15-16(12)8-14(10,4)5/h6H,7-8H2,1-5H3/b10-6-. The number of hydrogen-bond acceptors (Lipinski definition) is 3. The van der Waals surface area contributed by atoms with E-state index >= 15 is 0 Å². The van der Waals surface area contributed by atoms with Crippen molar-refractivity contribution in [1.29, 1.82) is 0 Å². The second kappa shape index (κ2) is 4.26. The van der Waals surface area contributed by atoms with Gasteiger partial charge in [0.05, 0.1) is 24.5 Å². The average molecular weight is 248 g/mol. The Kier molecular flexibility index (Phi) is 3.05. The van der Waals surface area contributed by atoms with Crippen LogP contribution in [0.1, 0.15) is 49.4 Å². The molecule has 4 heteroatoms. The molecule has 0 aromatic carbocycles. The van der Waals surface area contributed by atoms with Crippen molar-refractivity contribution >= 4 is 11.5 Å². The van der Waals surface area contributed by atoms with E-state index in [1.165, 1.54) is 5.57 Å². The second-order valence-electron chi connectivity index (χ2n) is 5.27. The number of aryl methyl sites for hydroxylation is 1. The third-order valence-corrected chi connectivity index (χ3v) is 3.42. The van der Waals surface area contributed by atoms with Crippen molar-refractivity contribution in [2.24, 2.45) is 5.41 Å². The monoisotopic (exact) mass is 248 g/mol. The minimum atomic E-state index is -0.270. The van der Waals surface area contributed by atoms with Crippen LogP contribution in [-0.2, 0) is 11.3 Å². The third-order valence-electron chi connectivity index (χ3n) is 3.42. The van der Waals surface area contributed by atoms with Gasteiger partial charge in [-0.2, -0.15) is 5.10 Å². The molecule has 0 aliphatic carbocycles. The lowest BCUT2D eigenvalue weighted by molar-refractivity contribution is 0.0525. The normalized spacial score (nSPS) is 19.1. The van der Waals surface area contributed by atoms with E-state index in [0.29, 0.717) is 12.2 Å². The average Bonchev–Trinajstić information content (AvgIpc) is 2.67. The largest absolute Gasteiger partial charge is 0.462 e. The van der Waals surface area contributed by atoms with Crippen LogP contribution in [0.3, 0.4) is 0 Å². The molecular formula is C14H20N2O2. The Morgan fingerprint density at radius 2 is 2.22 bits per heavy atom. The van der Waals surface area contributed by atoms with Crippen LogP contribution in [0, 0.1) is 12.3 Å². The Balaban J connectivity index is 2.57. The molecule has 0 bridgehead atoms. The van der Waals surface area contributed by atoms with Gasteiger partial charge >= 0.3 is 5.97 Å². The molecule has 4 nitrogen and oxygen atoms in total. The number of carbonyl (C=O) groups is 1. The summed E-state index contributed by atoms with van der Waals surface area (Å²) in [4.78, 5) is 12.1. The lowest BCUT2D eigenvalue weighted by Crippen LogP contribution is -2.14. The van der Waals surface area contributed by atoms with E-state index in [4.69, 9.17) is 4.74 Å². The first-order valence-electron chi connectivity index (χ1n) is 6.34. The van der Waals surface area contributed by atoms with Gasteiger partial charge in [0.25, 0.3) is 0 Å². The number of nitrogens with zero attached hydrogens (tertiary/aromatic N) is 2. The van der Waals surface area contributed by atoms with E-state index in [-0.39, 0.29) is 11.4 Å². The molecule has 1 aliphatic heterocycles. The summed E-state index contributed by atoms with van der Waals surface area (Å²) in [5.74, 6) is -0.270. The van der Waals surface area contributed by atoms with Crippen LogP contribution in [0.5, 0.6) is 0 Å². The number of allylic oxidation sites excluding steroid dienone is 2. The molecule has 0 fully saturated rings. The molecule has 0 atom stereocenters. The van der Waals surface area contributed by atoms with Crippen molar-refractivity contribution in [3.05, 3.63) is 23.0 Å². The lowest BCUT2D eigenvalue weighted by Gasteiger charge is -2.19. The van der Waals surface area contributed by atoms with Gasteiger partial charge < -0.3 is 4.74 Å². The van der Waals surface area contributed by atoms with Crippen molar-refractivity contribution < 1.29 is 9.53 Å². The van der Waals surface area contributed by atoms with Crippen molar-refractivity contribution in [3.8, 4) is 0 Å². The van der Waals surface area contributed by atoms with Gasteiger partial charge in [0.2, 0.25) is 0 Å². The molecule has 0 N–H and O–H groups in total. The highest BCUT2D eigenvalue weighted by Crippen LogP contribution is 2.44. The summed E-state index contributed by atoms with van der Waals surface area (Å²) >= 11 is 0. The van der Waals surface area contributed by atoms with Crippen LogP contribution >= 0.6 is 0 Å². The quantitative estimate of drug-likeness (QED) is 0.756. The highest BCUT2D eigenvalue weighted by atomic mass is 16.5. The maximum Gasteiger partial charge on any atom is 0.342 e. The number of carbonyl (C=O) groups excluding carboxylic acids is 1. The van der Waals surface area contributed by atoms with E-state index in [9.17, 15) is 4.79 Å². The van der Waals surface area contributed by atoms with Gasteiger partial charge in [-0.15, -0.1) is 0 Å². The lowest BCUT2D eigenvalue weighted by atomic mass is 9.84. The Morgan fingerprint density at radius 1 is 1.56 bits per heavy atom. The molecule has 0 unspecified atom stereocenters. The van der Waals surface area contributed by atoms with Gasteiger partial charge in [-0.25, -0.2) is 4.79 Å². The zero-order chi connectivity index (χ0) is 13.5. The van der Waals surface area contributed by atoms with Crippen molar-refractivity contribution in [2.75, 3.05) is 6.61 Å². The highest BCUT2D eigenvalue weighted by molar-refractivity contribution is 5.97. The molecule has 0 saturated carbocycles. The predicted octanol–water partition coefficient (Wildman–Crippen LogP) is 2.81. The van der Waals surface area contributed by atoms with Crippen molar-refractivity contribution in [3.63, 3.8) is 0 Å². The Hall–Kier alpha value is -1.58. The van der Waals surface area contributed by atoms with Gasteiger partial charge in [-0.1, -0.05) is 19.9 Å². The van der Waals surface area contributed by atoms with Crippen LogP contribution in [0.2, 0.25) is 0 Å². The first-order chi connectivity index (χ1) is 8.42. The smallest absolute Gasteiger partial charge is 0.342 e. The van der Waals surface area contributed by atoms with Gasteiger partial charge in [-0.05, 0) is 26.3 Å². The predicted molar refractivity (Wildman–Crippen MR) is 70.4 cm³/mol. The summed E-state index contributed by atoms with van der Waals surface area (Å²) in [5.41, 5.74) is 3.49. The molecular weight excluding hydrogens is 228 g/mol. The Labute approximate surface area is 108 Å². The van der Waals surface area contributed by atoms with Gasteiger partial charge in [-0.3, -0.25) is 4.68 Å². The first kappa shape index (κ1) is 12.9. The number of rotatable bonds is 2. The summed E-state index contributed by atoms with van der Waals surface area (Å²) in [5, 5.41) is 4.46. The maximum absolute atomic E-state index is 12.1. The summed E-state index contributed by atoms with van der Waals surface area (Å²) in [7, 11) is 0. The van der Waals surface area contributed by atoms with Crippen LogP contribution in [-0.4, -0.2) is 22.4 Å². The second-order valence-corrected chi connectivity index (χ2v) is 5.27. The molecule has 1 aromatic heterocycles. The fourth-order valence-electron chi connectivity index (χ4n) is 2.72. The molecule has 0 saturated heterocycles. The molecule has 18 heavy (non-hydrogen) atoms. The van der Waals surface area contributed by atoms with E-state index in [2.05, 4.69) is 25.0 Å². The molecule has 1 aliphatic rings. The van der Waals surface area contributed by atoms with Crippen molar-refractivity contribution in [2.45, 2.75) is 41.2 Å².